The third-order valence-electron chi connectivity index (χ3n) is 5.42. The second kappa shape index (κ2) is 6.48. The van der Waals surface area contributed by atoms with E-state index >= 15 is 0 Å². The molecule has 0 aromatic heterocycles. The van der Waals surface area contributed by atoms with Crippen molar-refractivity contribution >= 4 is 39.3 Å². The molecule has 1 atom stereocenters. The second-order valence-corrected chi connectivity index (χ2v) is 7.83. The van der Waals surface area contributed by atoms with Crippen LogP contribution in [0.4, 0.5) is 5.69 Å². The van der Waals surface area contributed by atoms with Gasteiger partial charge in [-0.15, -0.1) is 0 Å². The highest BCUT2D eigenvalue weighted by molar-refractivity contribution is 9.10. The van der Waals surface area contributed by atoms with Crippen LogP contribution in [0.15, 0.2) is 45.5 Å². The van der Waals surface area contributed by atoms with E-state index in [1.807, 2.05) is 0 Å². The summed E-state index contributed by atoms with van der Waals surface area (Å²) in [5.41, 5.74) is 5.69. The van der Waals surface area contributed by atoms with Gasteiger partial charge in [-0.05, 0) is 31.5 Å². The maximum Gasteiger partial charge on any atom is 0.341 e. The number of esters is 1. The first-order valence-corrected chi connectivity index (χ1v) is 9.83. The first kappa shape index (κ1) is 18.7. The number of halogens is 1. The molecule has 8 heteroatoms. The highest BCUT2D eigenvalue weighted by Gasteiger charge is 2.63. The van der Waals surface area contributed by atoms with Crippen molar-refractivity contribution in [3.05, 3.63) is 51.0 Å². The maximum absolute atomic E-state index is 13.7. The predicted octanol–water partition coefficient (Wildman–Crippen LogP) is 2.43. The van der Waals surface area contributed by atoms with Crippen LogP contribution < -0.4 is 10.6 Å². The molecule has 1 aromatic rings. The highest BCUT2D eigenvalue weighted by Crippen LogP contribution is 2.56. The monoisotopic (exact) mass is 446 g/mol. The number of benzene rings is 1. The van der Waals surface area contributed by atoms with Gasteiger partial charge in [0, 0.05) is 35.6 Å². The summed E-state index contributed by atoms with van der Waals surface area (Å²) in [5, 5.41) is 0. The Bertz CT molecular complexity index is 996. The van der Waals surface area contributed by atoms with Gasteiger partial charge >= 0.3 is 5.97 Å². The molecule has 0 saturated heterocycles. The number of nitrogens with two attached hydrogens (primary N) is 1. The SMILES string of the molecule is CCOC(=O)C1=C(N)OC2=C(C(=O)CCC2)C12C(=O)N(C)c1ccc(Br)cc12. The molecule has 4 rings (SSSR count). The second-order valence-electron chi connectivity index (χ2n) is 6.91. The Morgan fingerprint density at radius 2 is 2.11 bits per heavy atom. The molecule has 3 aliphatic rings. The Morgan fingerprint density at radius 3 is 2.82 bits per heavy atom. The molecule has 2 heterocycles. The topological polar surface area (TPSA) is 98.9 Å². The van der Waals surface area contributed by atoms with Gasteiger partial charge in [0.05, 0.1) is 12.2 Å². The Morgan fingerprint density at radius 1 is 1.36 bits per heavy atom. The quantitative estimate of drug-likeness (QED) is 0.700. The number of allylic oxidation sites excluding steroid dienone is 1. The summed E-state index contributed by atoms with van der Waals surface area (Å²) < 4.78 is 11.6. The number of fused-ring (bicyclic) bond motifs is 3. The van der Waals surface area contributed by atoms with Gasteiger partial charge in [0.2, 0.25) is 11.8 Å². The van der Waals surface area contributed by atoms with E-state index in [0.717, 1.165) is 0 Å². The molecule has 28 heavy (non-hydrogen) atoms. The van der Waals surface area contributed by atoms with Crippen molar-refractivity contribution in [1.29, 1.82) is 0 Å². The van der Waals surface area contributed by atoms with Gasteiger partial charge < -0.3 is 20.1 Å². The van der Waals surface area contributed by atoms with E-state index in [9.17, 15) is 14.4 Å². The fourth-order valence-electron chi connectivity index (χ4n) is 4.35. The zero-order valence-corrected chi connectivity index (χ0v) is 17.1. The summed E-state index contributed by atoms with van der Waals surface area (Å²) >= 11 is 3.44. The number of anilines is 1. The number of likely N-dealkylation sites (N-methyl/N-ethyl adjacent to an activating group) is 1. The Kier molecular flexibility index (Phi) is 4.33. The summed E-state index contributed by atoms with van der Waals surface area (Å²) in [6.45, 7) is 1.76. The van der Waals surface area contributed by atoms with Gasteiger partial charge in [-0.3, -0.25) is 9.59 Å². The van der Waals surface area contributed by atoms with Gasteiger partial charge in [0.15, 0.2) is 5.78 Å². The molecule has 1 aliphatic carbocycles. The van der Waals surface area contributed by atoms with E-state index in [1.54, 1.807) is 32.2 Å². The number of rotatable bonds is 2. The van der Waals surface area contributed by atoms with Crippen LogP contribution in [-0.4, -0.2) is 31.3 Å². The fourth-order valence-corrected chi connectivity index (χ4v) is 4.71. The maximum atomic E-state index is 13.7. The number of ketones is 1. The van der Waals surface area contributed by atoms with E-state index in [4.69, 9.17) is 15.2 Å². The minimum atomic E-state index is -1.66. The summed E-state index contributed by atoms with van der Waals surface area (Å²) in [7, 11) is 1.62. The molecular formula is C20H19BrN2O5. The van der Waals surface area contributed by atoms with Crippen molar-refractivity contribution < 1.29 is 23.9 Å². The zero-order chi connectivity index (χ0) is 20.2. The number of carbonyl (C=O) groups is 3. The lowest BCUT2D eigenvalue weighted by molar-refractivity contribution is -0.141. The highest BCUT2D eigenvalue weighted by atomic mass is 79.9. The third kappa shape index (κ3) is 2.30. The molecule has 0 bridgehead atoms. The molecule has 0 fully saturated rings. The lowest BCUT2D eigenvalue weighted by Crippen LogP contribution is -2.50. The number of Topliss-reactive ketones (excluding diaryl/α,β-unsaturated/α-hetero) is 1. The molecule has 2 N–H and O–H groups in total. The van der Waals surface area contributed by atoms with Crippen molar-refractivity contribution in [3.8, 4) is 0 Å². The van der Waals surface area contributed by atoms with Crippen molar-refractivity contribution in [1.82, 2.24) is 0 Å². The molecule has 0 saturated carbocycles. The summed E-state index contributed by atoms with van der Waals surface area (Å²) in [6.07, 6.45) is 1.35. The molecule has 0 radical (unpaired) electrons. The minimum absolute atomic E-state index is 0.0981. The number of carbonyl (C=O) groups excluding carboxylic acids is 3. The van der Waals surface area contributed by atoms with Crippen LogP contribution >= 0.6 is 15.9 Å². The van der Waals surface area contributed by atoms with Crippen LogP contribution in [0.25, 0.3) is 0 Å². The summed E-state index contributed by atoms with van der Waals surface area (Å²) in [5.74, 6) is -1.24. The van der Waals surface area contributed by atoms with E-state index in [-0.39, 0.29) is 35.8 Å². The van der Waals surface area contributed by atoms with Gasteiger partial charge in [-0.1, -0.05) is 15.9 Å². The summed E-state index contributed by atoms with van der Waals surface area (Å²) in [6, 6.07) is 5.32. The Hall–Kier alpha value is -2.61. The molecule has 2 aliphatic heterocycles. The molecule has 146 valence electrons. The van der Waals surface area contributed by atoms with E-state index < -0.39 is 17.3 Å². The normalized spacial score (nSPS) is 23.8. The van der Waals surface area contributed by atoms with E-state index in [2.05, 4.69) is 15.9 Å². The van der Waals surface area contributed by atoms with Gasteiger partial charge in [-0.25, -0.2) is 4.79 Å². The van der Waals surface area contributed by atoms with Gasteiger partial charge in [0.1, 0.15) is 16.7 Å². The first-order chi connectivity index (χ1) is 13.3. The average molecular weight is 447 g/mol. The van der Waals surface area contributed by atoms with Crippen molar-refractivity contribution in [2.24, 2.45) is 5.73 Å². The van der Waals surface area contributed by atoms with Crippen molar-refractivity contribution in [3.63, 3.8) is 0 Å². The lowest BCUT2D eigenvalue weighted by atomic mass is 9.64. The molecule has 1 spiro atoms. The van der Waals surface area contributed by atoms with Gasteiger partial charge in [0.25, 0.3) is 0 Å². The number of hydrogen-bond donors (Lipinski definition) is 1. The lowest BCUT2D eigenvalue weighted by Gasteiger charge is -2.38. The van der Waals surface area contributed by atoms with Crippen LogP contribution in [0.2, 0.25) is 0 Å². The van der Waals surface area contributed by atoms with E-state index in [1.165, 1.54) is 4.90 Å². The minimum Gasteiger partial charge on any atom is -0.462 e. The molecule has 1 amide bonds. The van der Waals surface area contributed by atoms with Crippen molar-refractivity contribution in [2.75, 3.05) is 18.6 Å². The fraction of sp³-hybridized carbons (Fsp3) is 0.350. The van der Waals surface area contributed by atoms with Crippen molar-refractivity contribution in [2.45, 2.75) is 31.6 Å². The number of nitrogens with zero attached hydrogens (tertiary/aromatic N) is 1. The number of ether oxygens (including phenoxy) is 2. The van der Waals surface area contributed by atoms with Gasteiger partial charge in [-0.2, -0.15) is 0 Å². The van der Waals surface area contributed by atoms with Crippen LogP contribution in [0, 0.1) is 0 Å². The largest absolute Gasteiger partial charge is 0.462 e. The van der Waals surface area contributed by atoms with Crippen LogP contribution in [0.3, 0.4) is 0 Å². The molecular weight excluding hydrogens is 428 g/mol. The standard InChI is InChI=1S/C20H19BrN2O5/c1-3-27-18(25)16-17(22)28-14-6-4-5-13(24)15(14)20(16)11-9-10(21)7-8-12(11)23(2)19(20)26/h7-9H,3-6,22H2,1-2H3. The van der Waals surface area contributed by atoms with Crippen LogP contribution in [0.5, 0.6) is 0 Å². The van der Waals surface area contributed by atoms with Crippen LogP contribution in [0.1, 0.15) is 31.7 Å². The molecule has 7 nitrogen and oxygen atoms in total. The smallest absolute Gasteiger partial charge is 0.341 e. The Balaban J connectivity index is 2.12. The zero-order valence-electron chi connectivity index (χ0n) is 15.5. The van der Waals surface area contributed by atoms with E-state index in [0.29, 0.717) is 34.3 Å². The first-order valence-electron chi connectivity index (χ1n) is 9.04. The Labute approximate surface area is 170 Å². The predicted molar refractivity (Wildman–Crippen MR) is 104 cm³/mol. The number of amides is 1. The molecule has 1 unspecified atom stereocenters. The third-order valence-corrected chi connectivity index (χ3v) is 5.92. The van der Waals surface area contributed by atoms with Crippen LogP contribution in [-0.2, 0) is 29.3 Å². The molecule has 1 aromatic carbocycles. The average Bonchev–Trinajstić information content (AvgIpc) is 2.84. The summed E-state index contributed by atoms with van der Waals surface area (Å²) in [4.78, 5) is 41.1. The number of hydrogen-bond acceptors (Lipinski definition) is 6.